The number of hydrogen-bond acceptors (Lipinski definition) is 4. The number of nitrogens with zero attached hydrogens (tertiary/aromatic N) is 1. The molecule has 0 bridgehead atoms. The first kappa shape index (κ1) is 16.1. The molecule has 0 saturated carbocycles. The van der Waals surface area contributed by atoms with E-state index in [0.717, 1.165) is 31.1 Å². The summed E-state index contributed by atoms with van der Waals surface area (Å²) in [7, 11) is 0. The van der Waals surface area contributed by atoms with Crippen molar-refractivity contribution in [3.63, 3.8) is 0 Å². The van der Waals surface area contributed by atoms with Crippen molar-refractivity contribution in [3.05, 3.63) is 23.8 Å². The molecule has 1 N–H and O–H groups in total. The van der Waals surface area contributed by atoms with E-state index in [-0.39, 0.29) is 0 Å². The minimum absolute atomic E-state index is 0.298. The van der Waals surface area contributed by atoms with E-state index in [1.54, 1.807) is 0 Å². The van der Waals surface area contributed by atoms with E-state index >= 15 is 0 Å². The molecule has 4 nitrogen and oxygen atoms in total. The molecule has 118 valence electrons. The van der Waals surface area contributed by atoms with Crippen molar-refractivity contribution in [3.8, 4) is 11.5 Å². The number of fused-ring (bicyclic) bond motifs is 1. The summed E-state index contributed by atoms with van der Waals surface area (Å²) in [5.74, 6) is 1.72. The Hall–Kier alpha value is -1.26. The van der Waals surface area contributed by atoms with Gasteiger partial charge >= 0.3 is 0 Å². The molecule has 1 aliphatic heterocycles. The van der Waals surface area contributed by atoms with Gasteiger partial charge in [0.1, 0.15) is 13.2 Å². The zero-order valence-corrected chi connectivity index (χ0v) is 13.7. The molecule has 2 rings (SSSR count). The molecule has 0 saturated heterocycles. The highest BCUT2D eigenvalue weighted by atomic mass is 16.6. The first-order valence-electron chi connectivity index (χ1n) is 8.02. The Morgan fingerprint density at radius 3 is 2.43 bits per heavy atom. The van der Waals surface area contributed by atoms with E-state index in [2.05, 4.69) is 50.0 Å². The molecule has 0 fully saturated rings. The Morgan fingerprint density at radius 1 is 1.10 bits per heavy atom. The highest BCUT2D eigenvalue weighted by Crippen LogP contribution is 2.32. The number of likely N-dealkylation sites (N-methyl/N-ethyl adjacent to an activating group) is 1. The lowest BCUT2D eigenvalue weighted by atomic mass is 10.1. The molecule has 4 heteroatoms. The van der Waals surface area contributed by atoms with Gasteiger partial charge in [-0.1, -0.05) is 19.9 Å². The summed E-state index contributed by atoms with van der Waals surface area (Å²) in [5, 5.41) is 3.66. The molecular formula is C17H28N2O2. The van der Waals surface area contributed by atoms with Gasteiger partial charge in [-0.15, -0.1) is 0 Å². The van der Waals surface area contributed by atoms with Gasteiger partial charge in [0.05, 0.1) is 0 Å². The molecular weight excluding hydrogens is 264 g/mol. The molecule has 2 atom stereocenters. The molecule has 0 amide bonds. The Kier molecular flexibility index (Phi) is 5.88. The number of nitrogens with one attached hydrogen (secondary N) is 1. The average Bonchev–Trinajstić information content (AvgIpc) is 2.52. The highest BCUT2D eigenvalue weighted by Gasteiger charge is 2.16. The molecule has 21 heavy (non-hydrogen) atoms. The minimum Gasteiger partial charge on any atom is -0.486 e. The van der Waals surface area contributed by atoms with E-state index in [4.69, 9.17) is 9.47 Å². The van der Waals surface area contributed by atoms with Crippen molar-refractivity contribution >= 4 is 0 Å². The predicted molar refractivity (Wildman–Crippen MR) is 86.2 cm³/mol. The third-order valence-corrected chi connectivity index (χ3v) is 4.03. The molecule has 0 spiro atoms. The molecule has 1 aromatic carbocycles. The van der Waals surface area contributed by atoms with Crippen LogP contribution in [0.25, 0.3) is 0 Å². The summed E-state index contributed by atoms with van der Waals surface area (Å²) in [6.45, 7) is 13.4. The van der Waals surface area contributed by atoms with Crippen molar-refractivity contribution < 1.29 is 9.47 Å². The van der Waals surface area contributed by atoms with Crippen LogP contribution in [0, 0.1) is 0 Å². The Labute approximate surface area is 128 Å². The maximum Gasteiger partial charge on any atom is 0.161 e. The number of ether oxygens (including phenoxy) is 2. The molecule has 1 heterocycles. The first-order valence-corrected chi connectivity index (χ1v) is 8.02. The SMILES string of the molecule is CCN(CC)CC(C)NC(C)c1ccc2c(c1)OCCO2. The van der Waals surface area contributed by atoms with Gasteiger partial charge in [-0.05, 0) is 44.6 Å². The molecule has 1 aliphatic rings. The molecule has 0 aromatic heterocycles. The maximum atomic E-state index is 5.66. The molecule has 1 aromatic rings. The second-order valence-corrected chi connectivity index (χ2v) is 5.68. The van der Waals surface area contributed by atoms with Gasteiger partial charge in [0.15, 0.2) is 11.5 Å². The minimum atomic E-state index is 0.298. The Bertz CT molecular complexity index is 446. The zero-order valence-electron chi connectivity index (χ0n) is 13.7. The quantitative estimate of drug-likeness (QED) is 0.838. The summed E-state index contributed by atoms with van der Waals surface area (Å²) in [4.78, 5) is 2.44. The van der Waals surface area contributed by atoms with Crippen molar-refractivity contribution in [2.75, 3.05) is 32.8 Å². The van der Waals surface area contributed by atoms with Gasteiger partial charge in [-0.25, -0.2) is 0 Å². The largest absolute Gasteiger partial charge is 0.486 e. The summed E-state index contributed by atoms with van der Waals surface area (Å²) >= 11 is 0. The molecule has 2 unspecified atom stereocenters. The van der Waals surface area contributed by atoms with E-state index in [1.165, 1.54) is 5.56 Å². The molecule has 0 radical (unpaired) electrons. The van der Waals surface area contributed by atoms with Crippen LogP contribution in [0.2, 0.25) is 0 Å². The van der Waals surface area contributed by atoms with E-state index in [1.807, 2.05) is 6.07 Å². The van der Waals surface area contributed by atoms with Crippen LogP contribution in [0.3, 0.4) is 0 Å². The Morgan fingerprint density at radius 2 is 1.76 bits per heavy atom. The van der Waals surface area contributed by atoms with Gasteiger partial charge in [0.25, 0.3) is 0 Å². The van der Waals surface area contributed by atoms with Crippen LogP contribution in [0.1, 0.15) is 39.3 Å². The maximum absolute atomic E-state index is 5.66. The van der Waals surface area contributed by atoms with Crippen LogP contribution in [0.5, 0.6) is 11.5 Å². The summed E-state index contributed by atoms with van der Waals surface area (Å²) in [6.07, 6.45) is 0. The second kappa shape index (κ2) is 7.66. The van der Waals surface area contributed by atoms with E-state index < -0.39 is 0 Å². The van der Waals surface area contributed by atoms with Crippen LogP contribution in [0.15, 0.2) is 18.2 Å². The van der Waals surface area contributed by atoms with E-state index in [9.17, 15) is 0 Å². The third kappa shape index (κ3) is 4.35. The summed E-state index contributed by atoms with van der Waals surface area (Å²) < 4.78 is 11.2. The van der Waals surface area contributed by atoms with Crippen LogP contribution in [-0.2, 0) is 0 Å². The fraction of sp³-hybridized carbons (Fsp3) is 0.647. The highest BCUT2D eigenvalue weighted by molar-refractivity contribution is 5.44. The fourth-order valence-electron chi connectivity index (χ4n) is 2.77. The van der Waals surface area contributed by atoms with E-state index in [0.29, 0.717) is 25.3 Å². The monoisotopic (exact) mass is 292 g/mol. The normalized spacial score (nSPS) is 16.8. The van der Waals surface area contributed by atoms with Gasteiger partial charge < -0.3 is 19.7 Å². The van der Waals surface area contributed by atoms with Crippen LogP contribution >= 0.6 is 0 Å². The van der Waals surface area contributed by atoms with Crippen LogP contribution < -0.4 is 14.8 Å². The predicted octanol–water partition coefficient (Wildman–Crippen LogP) is 2.84. The van der Waals surface area contributed by atoms with Crippen molar-refractivity contribution in [1.82, 2.24) is 10.2 Å². The Balaban J connectivity index is 1.95. The van der Waals surface area contributed by atoms with Gasteiger partial charge in [-0.3, -0.25) is 0 Å². The van der Waals surface area contributed by atoms with Crippen LogP contribution in [-0.4, -0.2) is 43.8 Å². The number of benzene rings is 1. The smallest absolute Gasteiger partial charge is 0.161 e. The van der Waals surface area contributed by atoms with Crippen molar-refractivity contribution in [2.45, 2.75) is 39.8 Å². The fourth-order valence-corrected chi connectivity index (χ4v) is 2.77. The number of hydrogen-bond donors (Lipinski definition) is 1. The first-order chi connectivity index (χ1) is 10.1. The zero-order chi connectivity index (χ0) is 15.2. The standard InChI is InChI=1S/C17H28N2O2/c1-5-19(6-2)12-13(3)18-14(4)15-7-8-16-17(11-15)21-10-9-20-16/h7-8,11,13-14,18H,5-6,9-10,12H2,1-4H3. The lowest BCUT2D eigenvalue weighted by Crippen LogP contribution is -2.40. The summed E-state index contributed by atoms with van der Waals surface area (Å²) in [6, 6.07) is 6.97. The third-order valence-electron chi connectivity index (χ3n) is 4.03. The van der Waals surface area contributed by atoms with Crippen molar-refractivity contribution in [2.24, 2.45) is 0 Å². The van der Waals surface area contributed by atoms with Gasteiger partial charge in [0.2, 0.25) is 0 Å². The van der Waals surface area contributed by atoms with Crippen LogP contribution in [0.4, 0.5) is 0 Å². The second-order valence-electron chi connectivity index (χ2n) is 5.68. The average molecular weight is 292 g/mol. The topological polar surface area (TPSA) is 33.7 Å². The van der Waals surface area contributed by atoms with Gasteiger partial charge in [-0.2, -0.15) is 0 Å². The van der Waals surface area contributed by atoms with Crippen molar-refractivity contribution in [1.29, 1.82) is 0 Å². The summed E-state index contributed by atoms with van der Waals surface area (Å²) in [5.41, 5.74) is 1.24. The lowest BCUT2D eigenvalue weighted by Gasteiger charge is -2.27. The molecule has 0 aliphatic carbocycles. The van der Waals surface area contributed by atoms with Gasteiger partial charge in [0, 0.05) is 18.6 Å². The number of rotatable bonds is 7. The lowest BCUT2D eigenvalue weighted by molar-refractivity contribution is 0.171.